The molecule has 0 unspecified atom stereocenters. The van der Waals surface area contributed by atoms with E-state index in [-0.39, 0.29) is 17.7 Å². The third kappa shape index (κ3) is 3.64. The van der Waals surface area contributed by atoms with Crippen LogP contribution in [0.25, 0.3) is 0 Å². The van der Waals surface area contributed by atoms with Crippen LogP contribution in [0.5, 0.6) is 0 Å². The van der Waals surface area contributed by atoms with Crippen LogP contribution >= 0.6 is 0 Å². The van der Waals surface area contributed by atoms with Gasteiger partial charge in [0.05, 0.1) is 5.69 Å². The second-order valence-electron chi connectivity index (χ2n) is 4.91. The molecule has 3 N–H and O–H groups in total. The minimum Gasteiger partial charge on any atom is -0.396 e. The van der Waals surface area contributed by atoms with E-state index >= 15 is 0 Å². The van der Waals surface area contributed by atoms with E-state index < -0.39 is 17.7 Å². The zero-order valence-electron chi connectivity index (χ0n) is 10.4. The Kier molecular flexibility index (Phi) is 3.99. The van der Waals surface area contributed by atoms with Crippen LogP contribution in [0.15, 0.2) is 18.2 Å². The van der Waals surface area contributed by atoms with Crippen molar-refractivity contribution in [1.29, 1.82) is 0 Å². The number of aliphatic hydroxyl groups excluding tert-OH is 1. The van der Waals surface area contributed by atoms with Crippen LogP contribution in [0.1, 0.15) is 19.3 Å². The van der Waals surface area contributed by atoms with Gasteiger partial charge in [0, 0.05) is 19.2 Å². The van der Waals surface area contributed by atoms with E-state index in [4.69, 9.17) is 5.11 Å². The molecule has 0 atom stereocenters. The number of benzene rings is 1. The van der Waals surface area contributed by atoms with Crippen molar-refractivity contribution in [1.82, 2.24) is 5.32 Å². The molecule has 0 heterocycles. The highest BCUT2D eigenvalue weighted by Crippen LogP contribution is 2.47. The van der Waals surface area contributed by atoms with Gasteiger partial charge in [0.15, 0.2) is 0 Å². The molecule has 0 radical (unpaired) electrons. The molecule has 1 fully saturated rings. The van der Waals surface area contributed by atoms with Gasteiger partial charge in [-0.05, 0) is 36.8 Å². The lowest BCUT2D eigenvalue weighted by Crippen LogP contribution is -2.34. The number of amides is 2. The molecule has 1 aromatic rings. The molecule has 2 amide bonds. The van der Waals surface area contributed by atoms with Crippen LogP contribution in [0, 0.1) is 17.0 Å². The highest BCUT2D eigenvalue weighted by atomic mass is 19.1. The first-order valence-electron chi connectivity index (χ1n) is 6.15. The van der Waals surface area contributed by atoms with Gasteiger partial charge in [-0.3, -0.25) is 0 Å². The Morgan fingerprint density at radius 1 is 1.37 bits per heavy atom. The summed E-state index contributed by atoms with van der Waals surface area (Å²) in [5.74, 6) is -1.50. The lowest BCUT2D eigenvalue weighted by Gasteiger charge is -2.15. The normalized spacial score (nSPS) is 15.9. The Labute approximate surface area is 109 Å². The van der Waals surface area contributed by atoms with E-state index in [1.165, 1.54) is 6.07 Å². The number of rotatable bonds is 5. The van der Waals surface area contributed by atoms with Crippen molar-refractivity contribution < 1.29 is 18.7 Å². The Balaban J connectivity index is 1.84. The number of hydrogen-bond acceptors (Lipinski definition) is 2. The standard InChI is InChI=1S/C13H16F2N2O2/c14-9-1-2-11(10(15)7-9)17-12(19)16-8-13(3-4-13)5-6-18/h1-2,7,18H,3-6,8H2,(H2,16,17,19). The molecule has 1 aromatic carbocycles. The molecule has 6 heteroatoms. The highest BCUT2D eigenvalue weighted by molar-refractivity contribution is 5.89. The maximum absolute atomic E-state index is 13.3. The number of nitrogens with one attached hydrogen (secondary N) is 2. The van der Waals surface area contributed by atoms with Crippen molar-refractivity contribution in [2.24, 2.45) is 5.41 Å². The number of hydrogen-bond donors (Lipinski definition) is 3. The van der Waals surface area contributed by atoms with E-state index in [0.29, 0.717) is 19.0 Å². The van der Waals surface area contributed by atoms with Crippen LogP contribution in [-0.2, 0) is 0 Å². The molecular weight excluding hydrogens is 254 g/mol. The quantitative estimate of drug-likeness (QED) is 0.768. The summed E-state index contributed by atoms with van der Waals surface area (Å²) in [5.41, 5.74) is -0.0705. The number of carbonyl (C=O) groups excluding carboxylic acids is 1. The summed E-state index contributed by atoms with van der Waals surface area (Å²) in [4.78, 5) is 11.6. The average molecular weight is 270 g/mol. The number of halogens is 2. The summed E-state index contributed by atoms with van der Waals surface area (Å²) in [6.45, 7) is 0.540. The summed E-state index contributed by atoms with van der Waals surface area (Å²) in [7, 11) is 0. The SMILES string of the molecule is O=C(NCC1(CCO)CC1)Nc1ccc(F)cc1F. The summed E-state index contributed by atoms with van der Waals surface area (Å²) >= 11 is 0. The van der Waals surface area contributed by atoms with E-state index in [1.807, 2.05) is 0 Å². The maximum atomic E-state index is 13.3. The minimum absolute atomic E-state index is 0.00652. The number of anilines is 1. The van der Waals surface area contributed by atoms with Gasteiger partial charge >= 0.3 is 6.03 Å². The van der Waals surface area contributed by atoms with Gasteiger partial charge in [0.25, 0.3) is 0 Å². The molecule has 0 saturated heterocycles. The Morgan fingerprint density at radius 3 is 2.68 bits per heavy atom. The molecule has 4 nitrogen and oxygen atoms in total. The fourth-order valence-corrected chi connectivity index (χ4v) is 1.95. The highest BCUT2D eigenvalue weighted by Gasteiger charge is 2.41. The van der Waals surface area contributed by atoms with Gasteiger partial charge in [-0.2, -0.15) is 0 Å². The summed E-state index contributed by atoms with van der Waals surface area (Å²) in [6, 6.07) is 2.43. The zero-order chi connectivity index (χ0) is 13.9. The second-order valence-corrected chi connectivity index (χ2v) is 4.91. The molecule has 2 rings (SSSR count). The Morgan fingerprint density at radius 2 is 2.11 bits per heavy atom. The molecular formula is C13H16F2N2O2. The van der Waals surface area contributed by atoms with Gasteiger partial charge in [0.2, 0.25) is 0 Å². The first kappa shape index (κ1) is 13.7. The number of carbonyl (C=O) groups is 1. The van der Waals surface area contributed by atoms with Crippen molar-refractivity contribution in [2.45, 2.75) is 19.3 Å². The fraction of sp³-hybridized carbons (Fsp3) is 0.462. The van der Waals surface area contributed by atoms with Gasteiger partial charge in [-0.1, -0.05) is 0 Å². The molecule has 0 bridgehead atoms. The van der Waals surface area contributed by atoms with Gasteiger partial charge in [0.1, 0.15) is 11.6 Å². The van der Waals surface area contributed by atoms with E-state index in [1.54, 1.807) is 0 Å². The monoisotopic (exact) mass is 270 g/mol. The third-order valence-corrected chi connectivity index (χ3v) is 3.40. The average Bonchev–Trinajstić information content (AvgIpc) is 3.11. The Hall–Kier alpha value is -1.69. The number of urea groups is 1. The second kappa shape index (κ2) is 5.52. The lowest BCUT2D eigenvalue weighted by molar-refractivity contribution is 0.234. The van der Waals surface area contributed by atoms with Gasteiger partial charge in [-0.15, -0.1) is 0 Å². The van der Waals surface area contributed by atoms with Crippen LogP contribution in [0.3, 0.4) is 0 Å². The van der Waals surface area contributed by atoms with Crippen molar-refractivity contribution >= 4 is 11.7 Å². The predicted octanol–water partition coefficient (Wildman–Crippen LogP) is 2.25. The zero-order valence-corrected chi connectivity index (χ0v) is 10.4. The molecule has 104 valence electrons. The van der Waals surface area contributed by atoms with Crippen molar-refractivity contribution in [3.8, 4) is 0 Å². The predicted molar refractivity (Wildman–Crippen MR) is 66.7 cm³/mol. The van der Waals surface area contributed by atoms with Crippen LogP contribution < -0.4 is 10.6 Å². The smallest absolute Gasteiger partial charge is 0.319 e. The van der Waals surface area contributed by atoms with Crippen LogP contribution in [0.4, 0.5) is 19.3 Å². The summed E-state index contributed by atoms with van der Waals surface area (Å²) in [6.07, 6.45) is 2.59. The minimum atomic E-state index is -0.813. The van der Waals surface area contributed by atoms with Crippen molar-refractivity contribution in [2.75, 3.05) is 18.5 Å². The van der Waals surface area contributed by atoms with Crippen molar-refractivity contribution in [3.63, 3.8) is 0 Å². The van der Waals surface area contributed by atoms with E-state index in [0.717, 1.165) is 18.9 Å². The van der Waals surface area contributed by atoms with Gasteiger partial charge < -0.3 is 15.7 Å². The van der Waals surface area contributed by atoms with E-state index in [9.17, 15) is 13.6 Å². The first-order valence-corrected chi connectivity index (χ1v) is 6.15. The fourth-order valence-electron chi connectivity index (χ4n) is 1.95. The lowest BCUT2D eigenvalue weighted by atomic mass is 10.0. The molecule has 1 aliphatic rings. The molecule has 0 aromatic heterocycles. The largest absolute Gasteiger partial charge is 0.396 e. The van der Waals surface area contributed by atoms with Gasteiger partial charge in [-0.25, -0.2) is 13.6 Å². The molecule has 19 heavy (non-hydrogen) atoms. The molecule has 0 spiro atoms. The van der Waals surface area contributed by atoms with Crippen molar-refractivity contribution in [3.05, 3.63) is 29.8 Å². The summed E-state index contributed by atoms with van der Waals surface area (Å²) < 4.78 is 26.0. The Bertz CT molecular complexity index is 476. The maximum Gasteiger partial charge on any atom is 0.319 e. The van der Waals surface area contributed by atoms with Crippen LogP contribution in [-0.4, -0.2) is 24.3 Å². The molecule has 1 aliphatic carbocycles. The van der Waals surface area contributed by atoms with Crippen LogP contribution in [0.2, 0.25) is 0 Å². The summed E-state index contributed by atoms with van der Waals surface area (Å²) in [5, 5.41) is 13.9. The first-order chi connectivity index (χ1) is 9.04. The number of aliphatic hydroxyl groups is 1. The molecule has 0 aliphatic heterocycles. The molecule has 1 saturated carbocycles. The van der Waals surface area contributed by atoms with E-state index in [2.05, 4.69) is 10.6 Å². The topological polar surface area (TPSA) is 61.4 Å². The third-order valence-electron chi connectivity index (χ3n) is 3.40.